The number of benzene rings is 2. The molecule has 2 aromatic rings. The van der Waals surface area contributed by atoms with Crippen LogP contribution < -0.4 is 15.1 Å². The number of rotatable bonds is 5. The Bertz CT molecular complexity index is 797. The zero-order valence-electron chi connectivity index (χ0n) is 15.9. The topological polar surface area (TPSA) is 38.0 Å². The summed E-state index contributed by atoms with van der Waals surface area (Å²) in [5.74, 6) is 0.0894. The molecule has 1 saturated heterocycles. The summed E-state index contributed by atoms with van der Waals surface area (Å²) in [7, 11) is 0. The Labute approximate surface area is 171 Å². The molecule has 0 unspecified atom stereocenters. The van der Waals surface area contributed by atoms with Crippen LogP contribution in [-0.2, 0) is 11.3 Å². The molecular weight excluding hydrogens is 381 g/mol. The van der Waals surface area contributed by atoms with E-state index < -0.39 is 0 Å². The molecule has 6 heteroatoms. The van der Waals surface area contributed by atoms with Gasteiger partial charge >= 0.3 is 0 Å². The van der Waals surface area contributed by atoms with Gasteiger partial charge in [-0.2, -0.15) is 0 Å². The molecule has 2 aromatic carbocycles. The largest absolute Gasteiger partial charge is 0.322 e. The van der Waals surface area contributed by atoms with Crippen molar-refractivity contribution in [3.05, 3.63) is 63.1 Å². The molecule has 1 fully saturated rings. The van der Waals surface area contributed by atoms with Gasteiger partial charge in [0.15, 0.2) is 6.54 Å². The first-order chi connectivity index (χ1) is 12.9. The van der Waals surface area contributed by atoms with Crippen molar-refractivity contribution in [1.29, 1.82) is 0 Å². The summed E-state index contributed by atoms with van der Waals surface area (Å²) in [6, 6.07) is 11.8. The van der Waals surface area contributed by atoms with Gasteiger partial charge in [0, 0.05) is 16.3 Å². The van der Waals surface area contributed by atoms with Crippen molar-refractivity contribution in [3.63, 3.8) is 0 Å². The van der Waals surface area contributed by atoms with Gasteiger partial charge in [0.1, 0.15) is 32.7 Å². The van der Waals surface area contributed by atoms with Crippen LogP contribution in [0.2, 0.25) is 10.0 Å². The number of quaternary nitrogens is 2. The lowest BCUT2D eigenvalue weighted by molar-refractivity contribution is -1.02. The molecule has 1 aliphatic rings. The summed E-state index contributed by atoms with van der Waals surface area (Å²) >= 11 is 12.3. The lowest BCUT2D eigenvalue weighted by Crippen LogP contribution is -3.28. The number of piperazine rings is 1. The maximum absolute atomic E-state index is 12.5. The second-order valence-corrected chi connectivity index (χ2v) is 8.25. The third-order valence-corrected chi connectivity index (χ3v) is 5.86. The highest BCUT2D eigenvalue weighted by Crippen LogP contribution is 2.20. The summed E-state index contributed by atoms with van der Waals surface area (Å²) in [6.07, 6.45) is 0. The fourth-order valence-electron chi connectivity index (χ4n) is 3.67. The number of aryl methyl sites for hydroxylation is 2. The normalized spacial score (nSPS) is 19.7. The summed E-state index contributed by atoms with van der Waals surface area (Å²) in [6.45, 7) is 9.51. The van der Waals surface area contributed by atoms with E-state index in [-0.39, 0.29) is 5.91 Å². The van der Waals surface area contributed by atoms with Crippen molar-refractivity contribution in [2.24, 2.45) is 0 Å². The molecule has 3 N–H and O–H groups in total. The Balaban J connectivity index is 1.48. The van der Waals surface area contributed by atoms with E-state index in [4.69, 9.17) is 23.2 Å². The van der Waals surface area contributed by atoms with Crippen LogP contribution in [0.1, 0.15) is 16.7 Å². The SMILES string of the molecule is Cc1cccc(C)c1NC(=O)C[NH+]1CC[NH+](Cc2ccc(Cl)cc2Cl)CC1. The number of carbonyl (C=O) groups is 1. The second-order valence-electron chi connectivity index (χ2n) is 7.40. The maximum atomic E-state index is 12.5. The van der Waals surface area contributed by atoms with Crippen molar-refractivity contribution in [3.8, 4) is 0 Å². The van der Waals surface area contributed by atoms with Crippen LogP contribution >= 0.6 is 23.2 Å². The summed E-state index contributed by atoms with van der Waals surface area (Å²) in [4.78, 5) is 15.3. The van der Waals surface area contributed by atoms with E-state index in [2.05, 4.69) is 5.32 Å². The van der Waals surface area contributed by atoms with E-state index in [1.165, 1.54) is 9.80 Å². The van der Waals surface area contributed by atoms with E-state index >= 15 is 0 Å². The van der Waals surface area contributed by atoms with Crippen molar-refractivity contribution in [1.82, 2.24) is 0 Å². The predicted molar refractivity (Wildman–Crippen MR) is 111 cm³/mol. The third kappa shape index (κ3) is 5.45. The van der Waals surface area contributed by atoms with Crippen LogP contribution in [0, 0.1) is 13.8 Å². The van der Waals surface area contributed by atoms with E-state index in [9.17, 15) is 4.79 Å². The highest BCUT2D eigenvalue weighted by Gasteiger charge is 2.25. The van der Waals surface area contributed by atoms with Gasteiger partial charge in [0.25, 0.3) is 5.91 Å². The molecule has 0 aliphatic carbocycles. The molecule has 0 aromatic heterocycles. The third-order valence-electron chi connectivity index (χ3n) is 5.28. The number of para-hydroxylation sites is 1. The maximum Gasteiger partial charge on any atom is 0.279 e. The highest BCUT2D eigenvalue weighted by molar-refractivity contribution is 6.35. The van der Waals surface area contributed by atoms with E-state index in [0.717, 1.165) is 60.1 Å². The first-order valence-electron chi connectivity index (χ1n) is 9.39. The molecule has 27 heavy (non-hydrogen) atoms. The van der Waals surface area contributed by atoms with Crippen molar-refractivity contribution in [2.45, 2.75) is 20.4 Å². The molecule has 0 radical (unpaired) electrons. The Hall–Kier alpha value is -1.59. The van der Waals surface area contributed by atoms with Crippen LogP contribution in [0.3, 0.4) is 0 Å². The summed E-state index contributed by atoms with van der Waals surface area (Å²) in [5.41, 5.74) is 4.29. The number of amides is 1. The monoisotopic (exact) mass is 407 g/mol. The number of anilines is 1. The fourth-order valence-corrected chi connectivity index (χ4v) is 4.14. The Morgan fingerprint density at radius 1 is 1.00 bits per heavy atom. The van der Waals surface area contributed by atoms with Gasteiger partial charge < -0.3 is 15.1 Å². The number of hydrogen-bond acceptors (Lipinski definition) is 1. The zero-order chi connectivity index (χ0) is 19.4. The molecule has 0 spiro atoms. The number of halogens is 2. The first-order valence-corrected chi connectivity index (χ1v) is 10.1. The Kier molecular flexibility index (Phi) is 6.77. The van der Waals surface area contributed by atoms with E-state index in [1.54, 1.807) is 6.07 Å². The standard InChI is InChI=1S/C21H25Cl2N3O/c1-15-4-3-5-16(2)21(15)24-20(27)14-26-10-8-25(9-11-26)13-17-6-7-18(22)12-19(17)23/h3-7,12H,8-11,13-14H2,1-2H3,(H,24,27)/p+2. The smallest absolute Gasteiger partial charge is 0.279 e. The summed E-state index contributed by atoms with van der Waals surface area (Å²) in [5, 5.41) is 4.50. The molecule has 0 bridgehead atoms. The van der Waals surface area contributed by atoms with Crippen molar-refractivity contribution in [2.75, 3.05) is 38.0 Å². The molecule has 4 nitrogen and oxygen atoms in total. The van der Waals surface area contributed by atoms with Crippen LogP contribution in [0.4, 0.5) is 5.69 Å². The molecule has 1 aliphatic heterocycles. The van der Waals surface area contributed by atoms with Gasteiger partial charge in [-0.3, -0.25) is 4.79 Å². The minimum absolute atomic E-state index is 0.0894. The van der Waals surface area contributed by atoms with Gasteiger partial charge in [-0.1, -0.05) is 47.5 Å². The Morgan fingerprint density at radius 2 is 1.63 bits per heavy atom. The lowest BCUT2D eigenvalue weighted by atomic mass is 10.1. The van der Waals surface area contributed by atoms with Gasteiger partial charge in [0.05, 0.1) is 5.02 Å². The second kappa shape index (κ2) is 9.07. The van der Waals surface area contributed by atoms with Crippen LogP contribution in [0.25, 0.3) is 0 Å². The number of carbonyl (C=O) groups excluding carboxylic acids is 1. The minimum Gasteiger partial charge on any atom is -0.322 e. The Morgan fingerprint density at radius 3 is 2.26 bits per heavy atom. The van der Waals surface area contributed by atoms with Crippen LogP contribution in [-0.4, -0.2) is 38.6 Å². The summed E-state index contributed by atoms with van der Waals surface area (Å²) < 4.78 is 0. The fraction of sp³-hybridized carbons (Fsp3) is 0.381. The molecule has 144 valence electrons. The van der Waals surface area contributed by atoms with Crippen LogP contribution in [0.5, 0.6) is 0 Å². The number of hydrogen-bond donors (Lipinski definition) is 3. The number of nitrogens with one attached hydrogen (secondary N) is 3. The molecule has 3 rings (SSSR count). The quantitative estimate of drug-likeness (QED) is 0.690. The van der Waals surface area contributed by atoms with Crippen LogP contribution in [0.15, 0.2) is 36.4 Å². The predicted octanol–water partition coefficient (Wildman–Crippen LogP) is 1.53. The minimum atomic E-state index is 0.0894. The average molecular weight is 408 g/mol. The van der Waals surface area contributed by atoms with Gasteiger partial charge in [-0.05, 0) is 37.1 Å². The highest BCUT2D eigenvalue weighted by atomic mass is 35.5. The molecule has 1 heterocycles. The lowest BCUT2D eigenvalue weighted by Gasteiger charge is -2.29. The van der Waals surface area contributed by atoms with Gasteiger partial charge in [-0.25, -0.2) is 0 Å². The molecule has 0 atom stereocenters. The first kappa shape index (κ1) is 20.2. The molecule has 0 saturated carbocycles. The van der Waals surface area contributed by atoms with E-state index in [0.29, 0.717) is 11.6 Å². The van der Waals surface area contributed by atoms with Crippen molar-refractivity contribution >= 4 is 34.8 Å². The molecular formula is C21H27Cl2N3O+2. The van der Waals surface area contributed by atoms with Crippen molar-refractivity contribution < 1.29 is 14.6 Å². The van der Waals surface area contributed by atoms with Gasteiger partial charge in [-0.15, -0.1) is 0 Å². The zero-order valence-corrected chi connectivity index (χ0v) is 17.4. The molecule has 1 amide bonds. The average Bonchev–Trinajstić information content (AvgIpc) is 2.62. The van der Waals surface area contributed by atoms with E-state index in [1.807, 2.05) is 44.2 Å². The van der Waals surface area contributed by atoms with Gasteiger partial charge in [0.2, 0.25) is 0 Å².